The highest BCUT2D eigenvalue weighted by Gasteiger charge is 2.27. The first kappa shape index (κ1) is 13.5. The van der Waals surface area contributed by atoms with Crippen molar-refractivity contribution in [2.45, 2.75) is 6.10 Å². The van der Waals surface area contributed by atoms with Gasteiger partial charge in [-0.25, -0.2) is 4.79 Å². The molecular weight excluding hydrogens is 250 g/mol. The van der Waals surface area contributed by atoms with E-state index >= 15 is 0 Å². The minimum Gasteiger partial charge on any atom is -0.497 e. The Kier molecular flexibility index (Phi) is 4.11. The van der Waals surface area contributed by atoms with E-state index in [1.807, 2.05) is 11.0 Å². The minimum atomic E-state index is -0.952. The average molecular weight is 267 g/mol. The molecule has 1 N–H and O–H groups in total. The molecule has 0 aliphatic carbocycles. The van der Waals surface area contributed by atoms with Crippen molar-refractivity contribution in [1.29, 1.82) is 0 Å². The highest BCUT2D eigenvalue weighted by atomic mass is 16.5. The Labute approximate surface area is 111 Å². The molecule has 19 heavy (non-hydrogen) atoms. The predicted octanol–water partition coefficient (Wildman–Crippen LogP) is 0.994. The number of morpholine rings is 1. The van der Waals surface area contributed by atoms with Crippen molar-refractivity contribution in [2.75, 3.05) is 38.8 Å². The summed E-state index contributed by atoms with van der Waals surface area (Å²) < 4.78 is 15.7. The summed E-state index contributed by atoms with van der Waals surface area (Å²) in [7, 11) is 3.17. The first-order valence-corrected chi connectivity index (χ1v) is 5.97. The monoisotopic (exact) mass is 267 g/mol. The third kappa shape index (κ3) is 2.90. The number of hydrogen-bond donors (Lipinski definition) is 1. The van der Waals surface area contributed by atoms with Gasteiger partial charge in [-0.3, -0.25) is 0 Å². The molecular formula is C13H17NO5. The number of ether oxygens (including phenoxy) is 3. The molecule has 1 fully saturated rings. The summed E-state index contributed by atoms with van der Waals surface area (Å²) >= 11 is 0. The van der Waals surface area contributed by atoms with Gasteiger partial charge in [-0.15, -0.1) is 0 Å². The van der Waals surface area contributed by atoms with Gasteiger partial charge in [0.15, 0.2) is 6.10 Å². The predicted molar refractivity (Wildman–Crippen MR) is 69.1 cm³/mol. The van der Waals surface area contributed by atoms with Crippen LogP contribution >= 0.6 is 0 Å². The van der Waals surface area contributed by atoms with Gasteiger partial charge >= 0.3 is 5.97 Å². The Morgan fingerprint density at radius 2 is 2.21 bits per heavy atom. The van der Waals surface area contributed by atoms with Gasteiger partial charge < -0.3 is 24.2 Å². The molecule has 0 spiro atoms. The van der Waals surface area contributed by atoms with E-state index in [4.69, 9.17) is 19.3 Å². The number of anilines is 1. The van der Waals surface area contributed by atoms with Gasteiger partial charge in [0.05, 0.1) is 33.1 Å². The SMILES string of the molecule is COc1ccc(OC)c(N2CCOC(C(=O)O)C2)c1. The maximum atomic E-state index is 11.0. The fraction of sp³-hybridized carbons (Fsp3) is 0.462. The maximum Gasteiger partial charge on any atom is 0.334 e. The Morgan fingerprint density at radius 1 is 1.42 bits per heavy atom. The number of rotatable bonds is 4. The molecule has 6 nitrogen and oxygen atoms in total. The van der Waals surface area contributed by atoms with Gasteiger partial charge in [-0.1, -0.05) is 0 Å². The summed E-state index contributed by atoms with van der Waals surface area (Å²) in [6, 6.07) is 5.44. The number of carbonyl (C=O) groups is 1. The molecule has 1 aromatic rings. The van der Waals surface area contributed by atoms with E-state index in [-0.39, 0.29) is 0 Å². The number of aliphatic carboxylic acids is 1. The molecule has 1 aromatic carbocycles. The van der Waals surface area contributed by atoms with Crippen LogP contribution in [0.25, 0.3) is 0 Å². The topological polar surface area (TPSA) is 68.2 Å². The highest BCUT2D eigenvalue weighted by molar-refractivity contribution is 5.74. The Bertz CT molecular complexity index is 462. The van der Waals surface area contributed by atoms with Gasteiger partial charge in [-0.2, -0.15) is 0 Å². The summed E-state index contributed by atoms with van der Waals surface area (Å²) in [5.74, 6) is 0.438. The number of benzene rings is 1. The molecule has 0 saturated carbocycles. The van der Waals surface area contributed by atoms with Crippen molar-refractivity contribution in [1.82, 2.24) is 0 Å². The van der Waals surface area contributed by atoms with E-state index in [0.717, 1.165) is 5.69 Å². The zero-order valence-corrected chi connectivity index (χ0v) is 11.0. The summed E-state index contributed by atoms with van der Waals surface area (Å²) in [6.07, 6.45) is -0.815. The van der Waals surface area contributed by atoms with Crippen molar-refractivity contribution < 1.29 is 24.1 Å². The molecule has 0 bridgehead atoms. The van der Waals surface area contributed by atoms with E-state index in [9.17, 15) is 4.79 Å². The van der Waals surface area contributed by atoms with Crippen LogP contribution in [0.5, 0.6) is 11.5 Å². The zero-order valence-electron chi connectivity index (χ0n) is 11.0. The third-order valence-corrected chi connectivity index (χ3v) is 3.07. The van der Waals surface area contributed by atoms with Gasteiger partial charge in [0.25, 0.3) is 0 Å². The fourth-order valence-corrected chi connectivity index (χ4v) is 2.06. The Balaban J connectivity index is 2.26. The number of carboxylic acid groups (broad SMARTS) is 1. The lowest BCUT2D eigenvalue weighted by molar-refractivity contribution is -0.150. The van der Waals surface area contributed by atoms with Gasteiger partial charge in [0.2, 0.25) is 0 Å². The molecule has 0 aromatic heterocycles. The smallest absolute Gasteiger partial charge is 0.334 e. The fourth-order valence-electron chi connectivity index (χ4n) is 2.06. The quantitative estimate of drug-likeness (QED) is 0.877. The van der Waals surface area contributed by atoms with Crippen LogP contribution in [-0.2, 0) is 9.53 Å². The number of hydrogen-bond acceptors (Lipinski definition) is 5. The molecule has 1 aliphatic heterocycles. The van der Waals surface area contributed by atoms with Crippen LogP contribution in [0.2, 0.25) is 0 Å². The summed E-state index contributed by atoms with van der Waals surface area (Å²) in [4.78, 5) is 12.9. The van der Waals surface area contributed by atoms with Crippen LogP contribution in [0.4, 0.5) is 5.69 Å². The second-order valence-corrected chi connectivity index (χ2v) is 4.18. The van der Waals surface area contributed by atoms with Crippen molar-refractivity contribution in [3.8, 4) is 11.5 Å². The second kappa shape index (κ2) is 5.79. The first-order chi connectivity index (χ1) is 9.15. The molecule has 1 heterocycles. The van der Waals surface area contributed by atoms with Gasteiger partial charge in [0, 0.05) is 12.6 Å². The maximum absolute atomic E-state index is 11.0. The van der Waals surface area contributed by atoms with Crippen molar-refractivity contribution in [2.24, 2.45) is 0 Å². The lowest BCUT2D eigenvalue weighted by Gasteiger charge is -2.33. The van der Waals surface area contributed by atoms with Gasteiger partial charge in [0.1, 0.15) is 11.5 Å². The molecule has 0 radical (unpaired) electrons. The van der Waals surface area contributed by atoms with E-state index in [0.29, 0.717) is 31.2 Å². The minimum absolute atomic E-state index is 0.291. The third-order valence-electron chi connectivity index (χ3n) is 3.07. The van der Waals surface area contributed by atoms with Crippen molar-refractivity contribution in [3.63, 3.8) is 0 Å². The van der Waals surface area contributed by atoms with Crippen molar-refractivity contribution >= 4 is 11.7 Å². The van der Waals surface area contributed by atoms with Crippen LogP contribution in [0, 0.1) is 0 Å². The zero-order chi connectivity index (χ0) is 13.8. The molecule has 0 amide bonds. The Morgan fingerprint density at radius 3 is 2.84 bits per heavy atom. The van der Waals surface area contributed by atoms with E-state index < -0.39 is 12.1 Å². The molecule has 1 saturated heterocycles. The second-order valence-electron chi connectivity index (χ2n) is 4.18. The van der Waals surface area contributed by atoms with Crippen LogP contribution in [0.15, 0.2) is 18.2 Å². The van der Waals surface area contributed by atoms with E-state index in [1.165, 1.54) is 0 Å². The van der Waals surface area contributed by atoms with E-state index in [2.05, 4.69) is 0 Å². The molecule has 2 rings (SSSR count). The van der Waals surface area contributed by atoms with Crippen LogP contribution < -0.4 is 14.4 Å². The molecule has 1 unspecified atom stereocenters. The van der Waals surface area contributed by atoms with Crippen LogP contribution in [0.3, 0.4) is 0 Å². The largest absolute Gasteiger partial charge is 0.497 e. The molecule has 6 heteroatoms. The molecule has 1 aliphatic rings. The summed E-state index contributed by atoms with van der Waals surface area (Å²) in [5, 5.41) is 9.02. The lowest BCUT2D eigenvalue weighted by atomic mass is 10.2. The number of carboxylic acids is 1. The normalized spacial score (nSPS) is 19.1. The Hall–Kier alpha value is -1.95. The first-order valence-electron chi connectivity index (χ1n) is 5.97. The lowest BCUT2D eigenvalue weighted by Crippen LogP contribution is -2.46. The number of nitrogens with zero attached hydrogens (tertiary/aromatic N) is 1. The number of methoxy groups -OCH3 is 2. The van der Waals surface area contributed by atoms with Gasteiger partial charge in [-0.05, 0) is 12.1 Å². The van der Waals surface area contributed by atoms with Crippen LogP contribution in [-0.4, -0.2) is 51.1 Å². The average Bonchev–Trinajstić information content (AvgIpc) is 2.46. The standard InChI is InChI=1S/C13H17NO5/c1-17-9-3-4-11(18-2)10(7-9)14-5-6-19-12(8-14)13(15)16/h3-4,7,12H,5-6,8H2,1-2H3,(H,15,16). The molecule has 104 valence electrons. The summed E-state index contributed by atoms with van der Waals surface area (Å²) in [5.41, 5.74) is 0.816. The van der Waals surface area contributed by atoms with Crippen molar-refractivity contribution in [3.05, 3.63) is 18.2 Å². The van der Waals surface area contributed by atoms with E-state index in [1.54, 1.807) is 26.4 Å². The van der Waals surface area contributed by atoms with Crippen LogP contribution in [0.1, 0.15) is 0 Å². The highest BCUT2D eigenvalue weighted by Crippen LogP contribution is 2.33. The summed E-state index contributed by atoms with van der Waals surface area (Å²) in [6.45, 7) is 1.28. The molecule has 1 atom stereocenters.